The van der Waals surface area contributed by atoms with Crippen LogP contribution in [0.25, 0.3) is 0 Å². The van der Waals surface area contributed by atoms with Crippen molar-refractivity contribution in [1.29, 1.82) is 0 Å². The van der Waals surface area contributed by atoms with Crippen LogP contribution in [-0.2, 0) is 14.3 Å². The number of ether oxygens (including phenoxy) is 3. The third kappa shape index (κ3) is 8.42. The van der Waals surface area contributed by atoms with Crippen molar-refractivity contribution in [1.82, 2.24) is 0 Å². The molecule has 3 fully saturated rings. The molecule has 0 radical (unpaired) electrons. The van der Waals surface area contributed by atoms with Gasteiger partial charge in [-0.15, -0.1) is 11.6 Å². The molecule has 0 aromatic heterocycles. The van der Waals surface area contributed by atoms with Gasteiger partial charge in [-0.2, -0.15) is 0 Å². The standard InChI is InChI=1S/C31H41ClF2O5/c1-2-29(35)38-17-3-16-37-25-12-10-23(11-13-25)31(36)39-26-14-8-21(9-15-26)20-4-6-22(7-5-20)24-18-27(33)30(32)28(34)19-24/h2,10-13,20-22,24,26-28,30H,1,3-9,14-19H2. The maximum Gasteiger partial charge on any atom is 0.338 e. The highest BCUT2D eigenvalue weighted by Crippen LogP contribution is 2.46. The summed E-state index contributed by atoms with van der Waals surface area (Å²) in [5.74, 6) is 1.70. The first kappa shape index (κ1) is 29.8. The molecular formula is C31H41ClF2O5. The van der Waals surface area contributed by atoms with Gasteiger partial charge < -0.3 is 14.2 Å². The lowest BCUT2D eigenvalue weighted by molar-refractivity contribution is -0.137. The summed E-state index contributed by atoms with van der Waals surface area (Å²) in [5, 5.41) is -0.978. The summed E-state index contributed by atoms with van der Waals surface area (Å²) in [4.78, 5) is 23.7. The van der Waals surface area contributed by atoms with Gasteiger partial charge in [-0.3, -0.25) is 0 Å². The van der Waals surface area contributed by atoms with Crippen molar-refractivity contribution >= 4 is 23.5 Å². The Bertz CT molecular complexity index is 929. The van der Waals surface area contributed by atoms with Gasteiger partial charge in [-0.25, -0.2) is 18.4 Å². The lowest BCUT2D eigenvalue weighted by Gasteiger charge is -2.42. The van der Waals surface area contributed by atoms with E-state index < -0.39 is 23.7 Å². The maximum atomic E-state index is 14.1. The van der Waals surface area contributed by atoms with Crippen molar-refractivity contribution < 1.29 is 32.6 Å². The number of hydrogen-bond acceptors (Lipinski definition) is 5. The van der Waals surface area contributed by atoms with Crippen molar-refractivity contribution in [2.45, 2.75) is 94.5 Å². The predicted molar refractivity (Wildman–Crippen MR) is 146 cm³/mol. The molecule has 3 saturated carbocycles. The second kappa shape index (κ2) is 14.5. The fraction of sp³-hybridized carbons (Fsp3) is 0.677. The zero-order valence-corrected chi connectivity index (χ0v) is 23.3. The third-order valence-electron chi connectivity index (χ3n) is 8.95. The minimum absolute atomic E-state index is 0.0620. The summed E-state index contributed by atoms with van der Waals surface area (Å²) >= 11 is 5.87. The van der Waals surface area contributed by atoms with Gasteiger partial charge in [-0.05, 0) is 112 Å². The molecule has 3 aliphatic rings. The molecule has 0 aliphatic heterocycles. The summed E-state index contributed by atoms with van der Waals surface area (Å²) in [7, 11) is 0. The molecular weight excluding hydrogens is 526 g/mol. The van der Waals surface area contributed by atoms with E-state index in [1.54, 1.807) is 24.3 Å². The van der Waals surface area contributed by atoms with Crippen LogP contribution in [0.5, 0.6) is 5.75 Å². The van der Waals surface area contributed by atoms with Crippen LogP contribution in [0, 0.1) is 23.7 Å². The van der Waals surface area contributed by atoms with Gasteiger partial charge >= 0.3 is 11.9 Å². The molecule has 8 heteroatoms. The molecule has 5 nitrogen and oxygen atoms in total. The molecule has 4 rings (SSSR count). The molecule has 0 amide bonds. The second-order valence-corrected chi connectivity index (χ2v) is 11.9. The molecule has 2 unspecified atom stereocenters. The number of alkyl halides is 3. The Labute approximate surface area is 235 Å². The molecule has 39 heavy (non-hydrogen) atoms. The summed E-state index contributed by atoms with van der Waals surface area (Å²) in [5.41, 5.74) is 0.497. The smallest absolute Gasteiger partial charge is 0.338 e. The molecule has 0 bridgehead atoms. The number of benzene rings is 1. The average Bonchev–Trinajstić information content (AvgIpc) is 2.96. The number of rotatable bonds is 10. The number of hydrogen-bond donors (Lipinski definition) is 0. The fourth-order valence-corrected chi connectivity index (χ4v) is 6.90. The van der Waals surface area contributed by atoms with E-state index in [2.05, 4.69) is 6.58 Å². The van der Waals surface area contributed by atoms with Gasteiger partial charge in [0.1, 0.15) is 24.2 Å². The quantitative estimate of drug-likeness (QED) is 0.128. The predicted octanol–water partition coefficient (Wildman–Crippen LogP) is 7.40. The average molecular weight is 567 g/mol. The first-order chi connectivity index (χ1) is 18.8. The normalized spacial score (nSPS) is 33.1. The highest BCUT2D eigenvalue weighted by molar-refractivity contribution is 6.21. The van der Waals surface area contributed by atoms with Crippen molar-refractivity contribution in [3.05, 3.63) is 42.5 Å². The van der Waals surface area contributed by atoms with Crippen LogP contribution >= 0.6 is 11.6 Å². The van der Waals surface area contributed by atoms with E-state index in [4.69, 9.17) is 25.8 Å². The van der Waals surface area contributed by atoms with Crippen LogP contribution in [0.15, 0.2) is 36.9 Å². The molecule has 0 N–H and O–H groups in total. The van der Waals surface area contributed by atoms with E-state index in [-0.39, 0.29) is 24.6 Å². The number of carbonyl (C=O) groups excluding carboxylic acids is 2. The van der Waals surface area contributed by atoms with Crippen LogP contribution < -0.4 is 4.74 Å². The Morgan fingerprint density at radius 2 is 1.38 bits per heavy atom. The van der Waals surface area contributed by atoms with E-state index in [0.717, 1.165) is 57.4 Å². The van der Waals surface area contributed by atoms with Gasteiger partial charge in [0, 0.05) is 12.5 Å². The minimum Gasteiger partial charge on any atom is -0.493 e. The van der Waals surface area contributed by atoms with Crippen molar-refractivity contribution in [2.75, 3.05) is 13.2 Å². The number of carbonyl (C=O) groups is 2. The highest BCUT2D eigenvalue weighted by atomic mass is 35.5. The topological polar surface area (TPSA) is 61.8 Å². The van der Waals surface area contributed by atoms with Crippen LogP contribution in [0.3, 0.4) is 0 Å². The Hall–Kier alpha value is -2.15. The first-order valence-electron chi connectivity index (χ1n) is 14.5. The summed E-state index contributed by atoms with van der Waals surface area (Å²) in [6.07, 6.45) is 8.21. The van der Waals surface area contributed by atoms with Crippen molar-refractivity contribution in [2.24, 2.45) is 23.7 Å². The van der Waals surface area contributed by atoms with Gasteiger partial charge in [0.2, 0.25) is 0 Å². The SMILES string of the molecule is C=CC(=O)OCCCOc1ccc(C(=O)OC2CCC(C3CCC(C4CC(F)C(Cl)C(F)C4)CC3)CC2)cc1. The summed E-state index contributed by atoms with van der Waals surface area (Å²) in [6, 6.07) is 6.88. The van der Waals surface area contributed by atoms with Gasteiger partial charge in [0.05, 0.1) is 24.2 Å². The Kier molecular flexibility index (Phi) is 11.1. The summed E-state index contributed by atoms with van der Waals surface area (Å²) in [6.45, 7) is 4.00. The number of halogens is 3. The fourth-order valence-electron chi connectivity index (χ4n) is 6.70. The van der Waals surface area contributed by atoms with E-state index in [1.807, 2.05) is 0 Å². The summed E-state index contributed by atoms with van der Waals surface area (Å²) < 4.78 is 44.6. The van der Waals surface area contributed by atoms with E-state index in [9.17, 15) is 18.4 Å². The third-order valence-corrected chi connectivity index (χ3v) is 9.49. The minimum atomic E-state index is -1.23. The molecule has 0 spiro atoms. The van der Waals surface area contributed by atoms with E-state index >= 15 is 0 Å². The first-order valence-corrected chi connectivity index (χ1v) is 14.9. The Balaban J connectivity index is 1.13. The zero-order valence-electron chi connectivity index (χ0n) is 22.6. The van der Waals surface area contributed by atoms with Crippen LogP contribution in [-0.4, -0.2) is 49.0 Å². The lowest BCUT2D eigenvalue weighted by atomic mass is 9.66. The zero-order chi connectivity index (χ0) is 27.8. The molecule has 1 aromatic carbocycles. The van der Waals surface area contributed by atoms with Crippen molar-refractivity contribution in [3.63, 3.8) is 0 Å². The molecule has 2 atom stereocenters. The molecule has 0 saturated heterocycles. The van der Waals surface area contributed by atoms with Crippen LogP contribution in [0.2, 0.25) is 0 Å². The molecule has 0 heterocycles. The van der Waals surface area contributed by atoms with Gasteiger partial charge in [0.15, 0.2) is 0 Å². The maximum absolute atomic E-state index is 14.1. The van der Waals surface area contributed by atoms with E-state index in [0.29, 0.717) is 54.9 Å². The largest absolute Gasteiger partial charge is 0.493 e. The van der Waals surface area contributed by atoms with Crippen molar-refractivity contribution in [3.8, 4) is 5.75 Å². The number of esters is 2. The second-order valence-electron chi connectivity index (χ2n) is 11.4. The molecule has 216 valence electrons. The van der Waals surface area contributed by atoms with Gasteiger partial charge in [-0.1, -0.05) is 6.58 Å². The highest BCUT2D eigenvalue weighted by Gasteiger charge is 2.41. The Morgan fingerprint density at radius 1 is 0.846 bits per heavy atom. The molecule has 3 aliphatic carbocycles. The monoisotopic (exact) mass is 566 g/mol. The molecule has 1 aromatic rings. The lowest BCUT2D eigenvalue weighted by Crippen LogP contribution is -2.40. The Morgan fingerprint density at radius 3 is 1.95 bits per heavy atom. The van der Waals surface area contributed by atoms with Crippen LogP contribution in [0.1, 0.15) is 81.0 Å². The van der Waals surface area contributed by atoms with E-state index in [1.165, 1.54) is 0 Å². The van der Waals surface area contributed by atoms with Crippen LogP contribution in [0.4, 0.5) is 8.78 Å². The van der Waals surface area contributed by atoms with Gasteiger partial charge in [0.25, 0.3) is 0 Å².